The average Bonchev–Trinajstić information content (AvgIpc) is 2.56. The van der Waals surface area contributed by atoms with Gasteiger partial charge < -0.3 is 14.8 Å². The maximum atomic E-state index is 12.0. The third kappa shape index (κ3) is 10.5. The fourth-order valence-electron chi connectivity index (χ4n) is 1.63. The van der Waals surface area contributed by atoms with E-state index >= 15 is 0 Å². The normalized spacial score (nSPS) is 11.3. The van der Waals surface area contributed by atoms with Crippen molar-refractivity contribution in [1.82, 2.24) is 10.6 Å². The van der Waals surface area contributed by atoms with Gasteiger partial charge in [-0.3, -0.25) is 10.1 Å². The first kappa shape index (κ1) is 22.0. The Morgan fingerprint density at radius 3 is 2.33 bits per heavy atom. The number of halogens is 3. The van der Waals surface area contributed by atoms with Gasteiger partial charge in [0.05, 0.1) is 0 Å². The summed E-state index contributed by atoms with van der Waals surface area (Å²) < 4.78 is 44.5. The topological polar surface area (TPSA) is 93.7 Å². The van der Waals surface area contributed by atoms with Gasteiger partial charge in [-0.25, -0.2) is 9.59 Å². The number of hydrogen-bond donors (Lipinski definition) is 2. The minimum Gasteiger partial charge on any atom is -0.452 e. The highest BCUT2D eigenvalue weighted by Crippen LogP contribution is 2.22. The molecule has 0 spiro atoms. The lowest BCUT2D eigenvalue weighted by Gasteiger charge is -2.08. The number of carbonyl (C=O) groups excluding carboxylic acids is 3. The molecule has 1 aromatic carbocycles. The van der Waals surface area contributed by atoms with Crippen LogP contribution in [0.4, 0.5) is 18.0 Å². The first-order chi connectivity index (χ1) is 12.5. The molecule has 0 heterocycles. The highest BCUT2D eigenvalue weighted by atomic mass is 19.4. The van der Waals surface area contributed by atoms with Crippen LogP contribution in [0, 0.1) is 5.92 Å². The first-order valence-corrected chi connectivity index (χ1v) is 7.83. The van der Waals surface area contributed by atoms with Crippen LogP contribution in [0.5, 0.6) is 5.75 Å². The van der Waals surface area contributed by atoms with E-state index in [0.29, 0.717) is 12.1 Å². The van der Waals surface area contributed by atoms with Gasteiger partial charge in [0.25, 0.3) is 5.91 Å². The van der Waals surface area contributed by atoms with Crippen LogP contribution in [-0.2, 0) is 14.3 Å². The Hall–Kier alpha value is -3.04. The predicted molar refractivity (Wildman–Crippen MR) is 89.5 cm³/mol. The van der Waals surface area contributed by atoms with Crippen LogP contribution in [0.2, 0.25) is 0 Å². The Labute approximate surface area is 153 Å². The van der Waals surface area contributed by atoms with Gasteiger partial charge >= 0.3 is 18.4 Å². The van der Waals surface area contributed by atoms with Crippen molar-refractivity contribution in [2.45, 2.75) is 20.2 Å². The molecule has 1 aromatic rings. The summed E-state index contributed by atoms with van der Waals surface area (Å²) in [4.78, 5) is 34.3. The van der Waals surface area contributed by atoms with Gasteiger partial charge in [-0.2, -0.15) is 0 Å². The van der Waals surface area contributed by atoms with E-state index in [0.717, 1.165) is 18.2 Å². The third-order valence-electron chi connectivity index (χ3n) is 2.79. The number of carbonyl (C=O) groups is 3. The lowest BCUT2D eigenvalue weighted by molar-refractivity contribution is -0.274. The van der Waals surface area contributed by atoms with Gasteiger partial charge in [0.1, 0.15) is 5.75 Å². The van der Waals surface area contributed by atoms with Crippen LogP contribution in [0.25, 0.3) is 6.08 Å². The van der Waals surface area contributed by atoms with E-state index in [9.17, 15) is 27.6 Å². The number of hydrogen-bond acceptors (Lipinski definition) is 5. The summed E-state index contributed by atoms with van der Waals surface area (Å²) in [7, 11) is 0. The number of alkyl halides is 3. The second kappa shape index (κ2) is 10.2. The smallest absolute Gasteiger partial charge is 0.452 e. The largest absolute Gasteiger partial charge is 0.573 e. The number of imide groups is 1. The molecular weight excluding hydrogens is 369 g/mol. The molecule has 0 radical (unpaired) electrons. The molecule has 0 aromatic heterocycles. The zero-order valence-electron chi connectivity index (χ0n) is 14.6. The molecule has 0 aliphatic rings. The van der Waals surface area contributed by atoms with Crippen molar-refractivity contribution in [3.05, 3.63) is 35.9 Å². The number of benzene rings is 1. The van der Waals surface area contributed by atoms with Crippen molar-refractivity contribution >= 4 is 24.0 Å². The Morgan fingerprint density at radius 2 is 1.78 bits per heavy atom. The summed E-state index contributed by atoms with van der Waals surface area (Å²) in [5.41, 5.74) is 0.416. The van der Waals surface area contributed by atoms with Gasteiger partial charge in [0, 0.05) is 12.6 Å². The standard InChI is InChI=1S/C17H19F3N2O5/c1-11(2)9-21-16(25)22-14(23)10-26-15(24)8-5-12-3-6-13(7-4-12)27-17(18,19)20/h3-8,11H,9-10H2,1-2H3,(H2,21,22,23,25)/b8-5+. The van der Waals surface area contributed by atoms with Crippen LogP contribution >= 0.6 is 0 Å². The Bertz CT molecular complexity index is 685. The summed E-state index contributed by atoms with van der Waals surface area (Å²) in [5, 5.41) is 4.45. The molecule has 27 heavy (non-hydrogen) atoms. The maximum absolute atomic E-state index is 12.0. The van der Waals surface area contributed by atoms with Crippen molar-refractivity contribution in [2.24, 2.45) is 5.92 Å². The molecule has 1 rings (SSSR count). The SMILES string of the molecule is CC(C)CNC(=O)NC(=O)COC(=O)/C=C/c1ccc(OC(F)(F)F)cc1. The number of esters is 1. The quantitative estimate of drug-likeness (QED) is 0.553. The molecule has 0 saturated heterocycles. The molecule has 3 amide bonds. The summed E-state index contributed by atoms with van der Waals surface area (Å²) in [6, 6.07) is 4.08. The monoisotopic (exact) mass is 388 g/mol. The van der Waals surface area contributed by atoms with E-state index in [-0.39, 0.29) is 5.92 Å². The molecule has 0 bridgehead atoms. The van der Waals surface area contributed by atoms with Crippen LogP contribution in [0.3, 0.4) is 0 Å². The summed E-state index contributed by atoms with van der Waals surface area (Å²) in [5.74, 6) is -1.84. The Balaban J connectivity index is 2.39. The third-order valence-corrected chi connectivity index (χ3v) is 2.79. The zero-order valence-corrected chi connectivity index (χ0v) is 14.6. The minimum absolute atomic E-state index is 0.211. The molecule has 0 aliphatic carbocycles. The van der Waals surface area contributed by atoms with Crippen molar-refractivity contribution in [3.63, 3.8) is 0 Å². The highest BCUT2D eigenvalue weighted by Gasteiger charge is 2.30. The van der Waals surface area contributed by atoms with Crippen LogP contribution in [0.15, 0.2) is 30.3 Å². The van der Waals surface area contributed by atoms with E-state index in [1.165, 1.54) is 18.2 Å². The van der Waals surface area contributed by atoms with Gasteiger partial charge in [-0.15, -0.1) is 13.2 Å². The van der Waals surface area contributed by atoms with Crippen LogP contribution < -0.4 is 15.4 Å². The molecule has 0 atom stereocenters. The average molecular weight is 388 g/mol. The summed E-state index contributed by atoms with van der Waals surface area (Å²) in [6.07, 6.45) is -2.51. The molecule has 0 aliphatic heterocycles. The second-order valence-electron chi connectivity index (χ2n) is 5.71. The van der Waals surface area contributed by atoms with E-state index in [1.807, 2.05) is 19.2 Å². The summed E-state index contributed by atoms with van der Waals surface area (Å²) in [6.45, 7) is 3.49. The lowest BCUT2D eigenvalue weighted by atomic mass is 10.2. The Kier molecular flexibility index (Phi) is 8.31. The highest BCUT2D eigenvalue weighted by molar-refractivity contribution is 5.96. The zero-order chi connectivity index (χ0) is 20.4. The van der Waals surface area contributed by atoms with E-state index in [2.05, 4.69) is 14.8 Å². The van der Waals surface area contributed by atoms with Gasteiger partial charge in [-0.1, -0.05) is 26.0 Å². The van der Waals surface area contributed by atoms with Crippen molar-refractivity contribution < 1.29 is 37.0 Å². The van der Waals surface area contributed by atoms with E-state index in [1.54, 1.807) is 0 Å². The fourth-order valence-corrected chi connectivity index (χ4v) is 1.63. The molecule has 148 valence electrons. The number of amides is 3. The van der Waals surface area contributed by atoms with Crippen molar-refractivity contribution in [2.75, 3.05) is 13.2 Å². The van der Waals surface area contributed by atoms with Crippen molar-refractivity contribution in [1.29, 1.82) is 0 Å². The van der Waals surface area contributed by atoms with Gasteiger partial charge in [0.2, 0.25) is 0 Å². The number of urea groups is 1. The first-order valence-electron chi connectivity index (χ1n) is 7.83. The van der Waals surface area contributed by atoms with Crippen molar-refractivity contribution in [3.8, 4) is 5.75 Å². The number of ether oxygens (including phenoxy) is 2. The van der Waals surface area contributed by atoms with Crippen LogP contribution in [-0.4, -0.2) is 37.4 Å². The molecule has 7 nitrogen and oxygen atoms in total. The Morgan fingerprint density at radius 1 is 1.15 bits per heavy atom. The molecule has 10 heteroatoms. The number of rotatable bonds is 7. The molecule has 0 fully saturated rings. The van der Waals surface area contributed by atoms with E-state index < -0.39 is 36.6 Å². The maximum Gasteiger partial charge on any atom is 0.573 e. The number of nitrogens with one attached hydrogen (secondary N) is 2. The molecule has 0 saturated carbocycles. The molecular formula is C17H19F3N2O5. The van der Waals surface area contributed by atoms with Gasteiger partial charge in [-0.05, 0) is 29.7 Å². The van der Waals surface area contributed by atoms with E-state index in [4.69, 9.17) is 0 Å². The van der Waals surface area contributed by atoms with Crippen LogP contribution in [0.1, 0.15) is 19.4 Å². The molecule has 0 unspecified atom stereocenters. The lowest BCUT2D eigenvalue weighted by Crippen LogP contribution is -2.42. The fraction of sp³-hybridized carbons (Fsp3) is 0.353. The van der Waals surface area contributed by atoms with Gasteiger partial charge in [0.15, 0.2) is 6.61 Å². The summed E-state index contributed by atoms with van der Waals surface area (Å²) >= 11 is 0. The predicted octanol–water partition coefficient (Wildman–Crippen LogP) is 2.62. The molecule has 2 N–H and O–H groups in total. The minimum atomic E-state index is -4.78. The second-order valence-corrected chi connectivity index (χ2v) is 5.71.